The van der Waals surface area contributed by atoms with Gasteiger partial charge in [-0.3, -0.25) is 14.9 Å². The number of rotatable bonds is 8. The zero-order valence-electron chi connectivity index (χ0n) is 18.0. The second-order valence-corrected chi connectivity index (χ2v) is 8.76. The van der Waals surface area contributed by atoms with Crippen molar-refractivity contribution in [2.45, 2.75) is 4.90 Å². The number of nitro groups is 1. The maximum atomic E-state index is 12.6. The molecule has 3 aromatic carbocycles. The first-order valence-electron chi connectivity index (χ1n) is 9.69. The van der Waals surface area contributed by atoms with Gasteiger partial charge < -0.3 is 14.2 Å². The van der Waals surface area contributed by atoms with Crippen molar-refractivity contribution in [3.05, 3.63) is 93.0 Å². The van der Waals surface area contributed by atoms with Crippen LogP contribution in [-0.4, -0.2) is 26.4 Å². The number of nitrogens with one attached hydrogen (secondary N) is 1. The van der Waals surface area contributed by atoms with Crippen LogP contribution in [-0.2, 0) is 14.9 Å². The third kappa shape index (κ3) is 6.14. The van der Waals surface area contributed by atoms with Crippen LogP contribution in [0.2, 0.25) is 5.02 Å². The Bertz CT molecular complexity index is 1470. The van der Waals surface area contributed by atoms with E-state index in [-0.39, 0.29) is 38.4 Å². The van der Waals surface area contributed by atoms with E-state index >= 15 is 0 Å². The lowest BCUT2D eigenvalue weighted by molar-refractivity contribution is -0.384. The van der Waals surface area contributed by atoms with Gasteiger partial charge in [0.25, 0.3) is 11.6 Å². The van der Waals surface area contributed by atoms with Gasteiger partial charge in [0.05, 0.1) is 22.7 Å². The van der Waals surface area contributed by atoms with Gasteiger partial charge in [-0.1, -0.05) is 35.9 Å². The Kier molecular flexibility index (Phi) is 7.70. The monoisotopic (exact) mass is 513 g/mol. The van der Waals surface area contributed by atoms with Gasteiger partial charge in [-0.2, -0.15) is 13.7 Å². The van der Waals surface area contributed by atoms with Crippen LogP contribution >= 0.6 is 11.6 Å². The maximum absolute atomic E-state index is 12.6. The van der Waals surface area contributed by atoms with Crippen LogP contribution in [0, 0.1) is 21.4 Å². The van der Waals surface area contributed by atoms with Gasteiger partial charge in [0, 0.05) is 12.1 Å². The van der Waals surface area contributed by atoms with Crippen molar-refractivity contribution in [3.63, 3.8) is 0 Å². The molecule has 0 bridgehead atoms. The van der Waals surface area contributed by atoms with Crippen LogP contribution in [0.25, 0.3) is 6.08 Å². The molecule has 0 saturated heterocycles. The van der Waals surface area contributed by atoms with E-state index in [2.05, 4.69) is 5.32 Å². The van der Waals surface area contributed by atoms with Crippen LogP contribution in [0.4, 0.5) is 11.4 Å². The minimum atomic E-state index is -4.12. The number of non-ortho nitro benzene ring substituents is 1. The van der Waals surface area contributed by atoms with Crippen LogP contribution < -0.4 is 14.2 Å². The lowest BCUT2D eigenvalue weighted by Crippen LogP contribution is -2.14. The number of hydrogen-bond donors (Lipinski definition) is 1. The van der Waals surface area contributed by atoms with Gasteiger partial charge in [0.1, 0.15) is 16.5 Å². The Labute approximate surface area is 205 Å². The molecular formula is C23H16ClN3O7S. The second-order valence-electron chi connectivity index (χ2n) is 6.81. The molecule has 1 amide bonds. The maximum Gasteiger partial charge on any atom is 0.339 e. The number of nitro benzene ring substituents is 1. The predicted octanol–water partition coefficient (Wildman–Crippen LogP) is 4.57. The van der Waals surface area contributed by atoms with Crippen molar-refractivity contribution in [2.75, 3.05) is 12.4 Å². The molecule has 0 fully saturated rings. The zero-order valence-corrected chi connectivity index (χ0v) is 19.5. The van der Waals surface area contributed by atoms with Crippen molar-refractivity contribution >= 4 is 45.1 Å². The lowest BCUT2D eigenvalue weighted by atomic mass is 10.1. The van der Waals surface area contributed by atoms with Crippen molar-refractivity contribution in [3.8, 4) is 17.6 Å². The van der Waals surface area contributed by atoms with Gasteiger partial charge >= 0.3 is 10.1 Å². The minimum absolute atomic E-state index is 0.0395. The summed E-state index contributed by atoms with van der Waals surface area (Å²) < 4.78 is 35.4. The summed E-state index contributed by atoms with van der Waals surface area (Å²) in [4.78, 5) is 22.8. The summed E-state index contributed by atoms with van der Waals surface area (Å²) in [5.74, 6) is -0.918. The predicted molar refractivity (Wildman–Crippen MR) is 128 cm³/mol. The fourth-order valence-corrected chi connectivity index (χ4v) is 3.95. The molecule has 12 heteroatoms. The largest absolute Gasteiger partial charge is 0.493 e. The average molecular weight is 514 g/mol. The molecule has 0 unspecified atom stereocenters. The van der Waals surface area contributed by atoms with Gasteiger partial charge in [0.2, 0.25) is 0 Å². The highest BCUT2D eigenvalue weighted by Crippen LogP contribution is 2.32. The van der Waals surface area contributed by atoms with Gasteiger partial charge in [-0.05, 0) is 42.0 Å². The molecule has 0 aliphatic carbocycles. The summed E-state index contributed by atoms with van der Waals surface area (Å²) in [6.07, 6.45) is 1.22. The smallest absolute Gasteiger partial charge is 0.339 e. The fourth-order valence-electron chi connectivity index (χ4n) is 2.82. The molecule has 178 valence electrons. The third-order valence-corrected chi connectivity index (χ3v) is 6.08. The quantitative estimate of drug-likeness (QED) is 0.151. The fraction of sp³-hybridized carbons (Fsp3) is 0.0435. The average Bonchev–Trinajstić information content (AvgIpc) is 2.84. The molecule has 0 radical (unpaired) electrons. The molecule has 3 rings (SSSR count). The molecule has 10 nitrogen and oxygen atoms in total. The highest BCUT2D eigenvalue weighted by Gasteiger charge is 2.20. The number of ether oxygens (including phenoxy) is 1. The summed E-state index contributed by atoms with van der Waals surface area (Å²) in [7, 11) is -2.82. The number of nitrogens with zero attached hydrogens (tertiary/aromatic N) is 2. The molecule has 35 heavy (non-hydrogen) atoms. The van der Waals surface area contributed by atoms with E-state index in [0.29, 0.717) is 5.56 Å². The number of halogens is 1. The Morgan fingerprint density at radius 3 is 2.46 bits per heavy atom. The number of benzene rings is 3. The van der Waals surface area contributed by atoms with E-state index in [1.165, 1.54) is 55.7 Å². The van der Waals surface area contributed by atoms with Crippen LogP contribution in [0.1, 0.15) is 5.56 Å². The van der Waals surface area contributed by atoms with Crippen LogP contribution in [0.3, 0.4) is 0 Å². The number of carbonyl (C=O) groups excluding carboxylic acids is 1. The highest BCUT2D eigenvalue weighted by atomic mass is 35.5. The van der Waals surface area contributed by atoms with Crippen LogP contribution in [0.15, 0.2) is 77.2 Å². The zero-order chi connectivity index (χ0) is 25.6. The van der Waals surface area contributed by atoms with Crippen molar-refractivity contribution < 1.29 is 27.1 Å². The third-order valence-electron chi connectivity index (χ3n) is 4.50. The van der Waals surface area contributed by atoms with E-state index < -0.39 is 20.9 Å². The molecule has 0 heterocycles. The van der Waals surface area contributed by atoms with Crippen molar-refractivity contribution in [1.29, 1.82) is 5.26 Å². The Morgan fingerprint density at radius 1 is 1.11 bits per heavy atom. The van der Waals surface area contributed by atoms with Gasteiger partial charge in [-0.15, -0.1) is 0 Å². The number of methoxy groups -OCH3 is 1. The van der Waals surface area contributed by atoms with E-state index in [1.807, 2.05) is 0 Å². The number of nitriles is 1. The van der Waals surface area contributed by atoms with Gasteiger partial charge in [-0.25, -0.2) is 0 Å². The summed E-state index contributed by atoms with van der Waals surface area (Å²) >= 11 is 5.99. The Morgan fingerprint density at radius 2 is 1.83 bits per heavy atom. The number of anilines is 1. The second kappa shape index (κ2) is 10.7. The molecular weight excluding hydrogens is 498 g/mol. The molecule has 0 atom stereocenters. The molecule has 0 saturated carbocycles. The van der Waals surface area contributed by atoms with E-state index in [4.69, 9.17) is 20.5 Å². The Balaban J connectivity index is 1.86. The summed E-state index contributed by atoms with van der Waals surface area (Å²) in [6.45, 7) is 0. The lowest BCUT2D eigenvalue weighted by Gasteiger charge is -2.11. The number of carbonyl (C=O) groups is 1. The molecule has 3 aromatic rings. The number of hydrogen-bond acceptors (Lipinski definition) is 8. The van der Waals surface area contributed by atoms with E-state index in [0.717, 1.165) is 6.07 Å². The van der Waals surface area contributed by atoms with E-state index in [9.17, 15) is 28.6 Å². The van der Waals surface area contributed by atoms with Gasteiger partial charge in [0.15, 0.2) is 11.5 Å². The SMILES string of the molecule is COc1cc(/C=C(\C#N)C(=O)Nc2cc([N+](=O)[O-])ccc2Cl)ccc1OS(=O)(=O)c1ccccc1. The normalized spacial score (nSPS) is 11.3. The molecule has 1 N–H and O–H groups in total. The topological polar surface area (TPSA) is 149 Å². The van der Waals surface area contributed by atoms with Crippen molar-refractivity contribution in [1.82, 2.24) is 0 Å². The first kappa shape index (κ1) is 25.2. The summed E-state index contributed by atoms with van der Waals surface area (Å²) in [6, 6.07) is 16.9. The molecule has 0 aliphatic heterocycles. The summed E-state index contributed by atoms with van der Waals surface area (Å²) in [5.41, 5.74) is -0.360. The standard InChI is InChI=1S/C23H16ClN3O7S/c1-33-22-12-15(7-10-21(22)34-35(31,32)18-5-3-2-4-6-18)11-16(14-25)23(28)26-20-13-17(27(29)30)8-9-19(20)24/h2-13H,1H3,(H,26,28)/b16-11+. The highest BCUT2D eigenvalue weighted by molar-refractivity contribution is 7.87. The first-order valence-corrected chi connectivity index (χ1v) is 11.5. The minimum Gasteiger partial charge on any atom is -0.493 e. The van der Waals surface area contributed by atoms with Crippen molar-refractivity contribution in [2.24, 2.45) is 0 Å². The number of amides is 1. The molecule has 0 spiro atoms. The first-order chi connectivity index (χ1) is 16.6. The molecule has 0 aromatic heterocycles. The Hall–Kier alpha value is -4.40. The van der Waals surface area contributed by atoms with E-state index in [1.54, 1.807) is 24.3 Å². The molecule has 0 aliphatic rings. The summed E-state index contributed by atoms with van der Waals surface area (Å²) in [5, 5.41) is 22.8. The van der Waals surface area contributed by atoms with Crippen LogP contribution in [0.5, 0.6) is 11.5 Å².